The fraction of sp³-hybridized carbons (Fsp3) is 0.250. The third kappa shape index (κ3) is 2.23. The topological polar surface area (TPSA) is 55.5 Å². The molecule has 1 aliphatic heterocycles. The molecule has 3 rings (SSSR count). The number of halogens is 1. The fourth-order valence-electron chi connectivity index (χ4n) is 2.58. The van der Waals surface area contributed by atoms with E-state index in [4.69, 9.17) is 10.5 Å². The fourth-order valence-corrected chi connectivity index (χ4v) is 2.58. The Morgan fingerprint density at radius 3 is 2.80 bits per heavy atom. The Labute approximate surface area is 116 Å². The number of hydrogen-bond acceptors (Lipinski definition) is 3. The molecule has 0 fully saturated rings. The normalized spacial score (nSPS) is 17.4. The maximum Gasteiger partial charge on any atom is 0.131 e. The number of benzene rings is 2. The van der Waals surface area contributed by atoms with Gasteiger partial charge in [0.1, 0.15) is 23.4 Å². The van der Waals surface area contributed by atoms with Crippen LogP contribution in [0.4, 0.5) is 4.39 Å². The molecule has 3 nitrogen and oxygen atoms in total. The second kappa shape index (κ2) is 5.13. The molecule has 3 N–H and O–H groups in total. The quantitative estimate of drug-likeness (QED) is 0.884. The molecular formula is C16H16FNO2. The van der Waals surface area contributed by atoms with E-state index >= 15 is 0 Å². The minimum Gasteiger partial charge on any atom is -0.507 e. The Kier molecular flexibility index (Phi) is 3.32. The van der Waals surface area contributed by atoms with E-state index in [1.54, 1.807) is 24.3 Å². The zero-order chi connectivity index (χ0) is 14.1. The number of ether oxygens (including phenoxy) is 1. The van der Waals surface area contributed by atoms with Gasteiger partial charge in [0.15, 0.2) is 0 Å². The summed E-state index contributed by atoms with van der Waals surface area (Å²) < 4.78 is 19.7. The summed E-state index contributed by atoms with van der Waals surface area (Å²) in [6.45, 7) is 0.428. The van der Waals surface area contributed by atoms with Crippen molar-refractivity contribution in [2.24, 2.45) is 5.73 Å². The number of nitrogens with two attached hydrogens (primary N) is 1. The molecule has 0 saturated carbocycles. The van der Waals surface area contributed by atoms with E-state index in [2.05, 4.69) is 0 Å². The summed E-state index contributed by atoms with van der Waals surface area (Å²) in [5.41, 5.74) is 7.64. The van der Waals surface area contributed by atoms with Crippen LogP contribution in [0.5, 0.6) is 11.5 Å². The third-order valence-corrected chi connectivity index (χ3v) is 3.61. The summed E-state index contributed by atoms with van der Waals surface area (Å²) in [6.07, 6.45) is 1.46. The predicted octanol–water partition coefficient (Wildman–Crippen LogP) is 2.85. The van der Waals surface area contributed by atoms with Crippen molar-refractivity contribution in [3.05, 3.63) is 47.8 Å². The standard InChI is InChI=1S/C16H16FNO2/c17-11-7-10-5-6-12(9-18)20-16(10)14(8-11)13-3-1-2-4-15(13)19/h1-4,7-8,12,19H,5-6,9,18H2. The maximum absolute atomic E-state index is 13.8. The molecule has 0 radical (unpaired) electrons. The first-order valence-electron chi connectivity index (χ1n) is 6.66. The van der Waals surface area contributed by atoms with Gasteiger partial charge in [0, 0.05) is 17.7 Å². The molecule has 1 atom stereocenters. The SMILES string of the molecule is NCC1CCc2cc(F)cc(-c3ccccc3O)c2O1. The summed E-state index contributed by atoms with van der Waals surface area (Å²) in [5.74, 6) is 0.421. The van der Waals surface area contributed by atoms with Crippen molar-refractivity contribution in [2.45, 2.75) is 18.9 Å². The van der Waals surface area contributed by atoms with Gasteiger partial charge in [-0.1, -0.05) is 18.2 Å². The van der Waals surface area contributed by atoms with Gasteiger partial charge in [-0.25, -0.2) is 4.39 Å². The van der Waals surface area contributed by atoms with Crippen LogP contribution >= 0.6 is 0 Å². The molecule has 1 aliphatic rings. The molecule has 0 saturated heterocycles. The van der Waals surface area contributed by atoms with Crippen molar-refractivity contribution in [3.8, 4) is 22.6 Å². The molecule has 0 aromatic heterocycles. The highest BCUT2D eigenvalue weighted by Crippen LogP contribution is 2.41. The van der Waals surface area contributed by atoms with Crippen molar-refractivity contribution in [1.29, 1.82) is 0 Å². The van der Waals surface area contributed by atoms with Crippen molar-refractivity contribution >= 4 is 0 Å². The highest BCUT2D eigenvalue weighted by Gasteiger charge is 2.24. The second-order valence-electron chi connectivity index (χ2n) is 4.97. The molecular weight excluding hydrogens is 257 g/mol. The Morgan fingerprint density at radius 1 is 1.25 bits per heavy atom. The Hall–Kier alpha value is -2.07. The summed E-state index contributed by atoms with van der Waals surface area (Å²) in [4.78, 5) is 0. The molecule has 0 spiro atoms. The minimum atomic E-state index is -0.322. The monoisotopic (exact) mass is 273 g/mol. The molecule has 4 heteroatoms. The average molecular weight is 273 g/mol. The van der Waals surface area contributed by atoms with E-state index in [1.165, 1.54) is 12.1 Å². The number of fused-ring (bicyclic) bond motifs is 1. The first-order valence-corrected chi connectivity index (χ1v) is 6.66. The van der Waals surface area contributed by atoms with Gasteiger partial charge in [0.25, 0.3) is 0 Å². The Morgan fingerprint density at radius 2 is 2.05 bits per heavy atom. The molecule has 104 valence electrons. The number of phenols is 1. The molecule has 1 heterocycles. The highest BCUT2D eigenvalue weighted by atomic mass is 19.1. The summed E-state index contributed by atoms with van der Waals surface area (Å²) in [6, 6.07) is 9.75. The lowest BCUT2D eigenvalue weighted by atomic mass is 9.95. The van der Waals surface area contributed by atoms with E-state index in [0.29, 0.717) is 23.4 Å². The lowest BCUT2D eigenvalue weighted by Gasteiger charge is -2.27. The van der Waals surface area contributed by atoms with E-state index < -0.39 is 0 Å². The van der Waals surface area contributed by atoms with Crippen LogP contribution < -0.4 is 10.5 Å². The van der Waals surface area contributed by atoms with Gasteiger partial charge >= 0.3 is 0 Å². The van der Waals surface area contributed by atoms with E-state index in [-0.39, 0.29) is 17.7 Å². The first kappa shape index (κ1) is 12.9. The van der Waals surface area contributed by atoms with Gasteiger partial charge in [0.05, 0.1) is 0 Å². The van der Waals surface area contributed by atoms with Crippen molar-refractivity contribution < 1.29 is 14.2 Å². The predicted molar refractivity (Wildman–Crippen MR) is 75.3 cm³/mol. The number of phenolic OH excluding ortho intramolecular Hbond substituents is 1. The van der Waals surface area contributed by atoms with Crippen LogP contribution in [0.1, 0.15) is 12.0 Å². The van der Waals surface area contributed by atoms with E-state index in [1.807, 2.05) is 0 Å². The third-order valence-electron chi connectivity index (χ3n) is 3.61. The van der Waals surface area contributed by atoms with Crippen molar-refractivity contribution in [3.63, 3.8) is 0 Å². The van der Waals surface area contributed by atoms with E-state index in [9.17, 15) is 9.50 Å². The maximum atomic E-state index is 13.8. The van der Waals surface area contributed by atoms with Gasteiger partial charge in [-0.05, 0) is 36.6 Å². The zero-order valence-electron chi connectivity index (χ0n) is 11.0. The number of rotatable bonds is 2. The van der Waals surface area contributed by atoms with Gasteiger partial charge in [-0.15, -0.1) is 0 Å². The molecule has 2 aromatic carbocycles. The lowest BCUT2D eigenvalue weighted by Crippen LogP contribution is -2.30. The largest absolute Gasteiger partial charge is 0.507 e. The van der Waals surface area contributed by atoms with Crippen molar-refractivity contribution in [2.75, 3.05) is 6.54 Å². The van der Waals surface area contributed by atoms with Gasteiger partial charge < -0.3 is 15.6 Å². The average Bonchev–Trinajstić information content (AvgIpc) is 2.46. The summed E-state index contributed by atoms with van der Waals surface area (Å²) in [7, 11) is 0. The second-order valence-corrected chi connectivity index (χ2v) is 4.97. The van der Waals surface area contributed by atoms with Crippen LogP contribution in [0, 0.1) is 5.82 Å². The van der Waals surface area contributed by atoms with Gasteiger partial charge in [0.2, 0.25) is 0 Å². The van der Waals surface area contributed by atoms with Gasteiger partial charge in [-0.3, -0.25) is 0 Å². The van der Waals surface area contributed by atoms with Crippen LogP contribution in [0.15, 0.2) is 36.4 Å². The molecule has 20 heavy (non-hydrogen) atoms. The summed E-state index contributed by atoms with van der Waals surface area (Å²) in [5, 5.41) is 9.98. The molecule has 1 unspecified atom stereocenters. The van der Waals surface area contributed by atoms with E-state index in [0.717, 1.165) is 18.4 Å². The molecule has 0 bridgehead atoms. The molecule has 0 amide bonds. The Balaban J connectivity index is 2.16. The summed E-state index contributed by atoms with van der Waals surface area (Å²) >= 11 is 0. The number of para-hydroxylation sites is 1. The van der Waals surface area contributed by atoms with Crippen LogP contribution in [-0.2, 0) is 6.42 Å². The zero-order valence-corrected chi connectivity index (χ0v) is 11.0. The smallest absolute Gasteiger partial charge is 0.131 e. The highest BCUT2D eigenvalue weighted by molar-refractivity contribution is 5.77. The lowest BCUT2D eigenvalue weighted by molar-refractivity contribution is 0.182. The van der Waals surface area contributed by atoms with Crippen LogP contribution in [0.2, 0.25) is 0 Å². The minimum absolute atomic E-state index is 0.0578. The Bertz CT molecular complexity index is 642. The molecule has 2 aromatic rings. The number of aryl methyl sites for hydroxylation is 1. The van der Waals surface area contributed by atoms with Crippen LogP contribution in [0.3, 0.4) is 0 Å². The van der Waals surface area contributed by atoms with Gasteiger partial charge in [-0.2, -0.15) is 0 Å². The van der Waals surface area contributed by atoms with Crippen LogP contribution in [0.25, 0.3) is 11.1 Å². The first-order chi connectivity index (χ1) is 9.69. The molecule has 0 aliphatic carbocycles. The van der Waals surface area contributed by atoms with Crippen LogP contribution in [-0.4, -0.2) is 17.8 Å². The number of aromatic hydroxyl groups is 1. The number of hydrogen-bond donors (Lipinski definition) is 2. The van der Waals surface area contributed by atoms with Crippen molar-refractivity contribution in [1.82, 2.24) is 0 Å².